The summed E-state index contributed by atoms with van der Waals surface area (Å²) < 4.78 is 33.8. The Kier molecular flexibility index (Phi) is 6.97. The SMILES string of the molecule is COc1cc(C(=O)NCC(=O)NC2CCCCC2)ccc1OC(F)F. The van der Waals surface area contributed by atoms with Crippen LogP contribution in [-0.2, 0) is 4.79 Å². The molecule has 0 saturated heterocycles. The van der Waals surface area contributed by atoms with Crippen LogP contribution in [0, 0.1) is 0 Å². The number of nitrogens with one attached hydrogen (secondary N) is 2. The van der Waals surface area contributed by atoms with Gasteiger partial charge in [0.15, 0.2) is 11.5 Å². The summed E-state index contributed by atoms with van der Waals surface area (Å²) in [5.41, 5.74) is 0.184. The Hall–Kier alpha value is -2.38. The van der Waals surface area contributed by atoms with Crippen LogP contribution in [0.4, 0.5) is 8.78 Å². The molecule has 6 nitrogen and oxygen atoms in total. The first-order valence-electron chi connectivity index (χ1n) is 8.20. The van der Waals surface area contributed by atoms with Crippen LogP contribution in [-0.4, -0.2) is 38.1 Å². The van der Waals surface area contributed by atoms with Gasteiger partial charge >= 0.3 is 6.61 Å². The van der Waals surface area contributed by atoms with Crippen molar-refractivity contribution in [1.82, 2.24) is 10.6 Å². The van der Waals surface area contributed by atoms with Crippen molar-refractivity contribution >= 4 is 11.8 Å². The number of alkyl halides is 2. The summed E-state index contributed by atoms with van der Waals surface area (Å²) in [4.78, 5) is 24.0. The number of hydrogen-bond acceptors (Lipinski definition) is 4. The monoisotopic (exact) mass is 356 g/mol. The van der Waals surface area contributed by atoms with E-state index in [0.29, 0.717) is 0 Å². The molecule has 0 spiro atoms. The van der Waals surface area contributed by atoms with Gasteiger partial charge < -0.3 is 20.1 Å². The summed E-state index contributed by atoms with van der Waals surface area (Å²) in [5, 5.41) is 5.40. The second-order valence-corrected chi connectivity index (χ2v) is 5.83. The van der Waals surface area contributed by atoms with E-state index in [9.17, 15) is 18.4 Å². The van der Waals surface area contributed by atoms with E-state index in [1.54, 1.807) is 0 Å². The summed E-state index contributed by atoms with van der Waals surface area (Å²) in [7, 11) is 1.28. The largest absolute Gasteiger partial charge is 0.493 e. The van der Waals surface area contributed by atoms with E-state index < -0.39 is 12.5 Å². The molecule has 0 unspecified atom stereocenters. The number of carbonyl (C=O) groups is 2. The number of ether oxygens (including phenoxy) is 2. The maximum atomic E-state index is 12.3. The molecule has 0 aliphatic heterocycles. The molecule has 1 aliphatic rings. The van der Waals surface area contributed by atoms with Gasteiger partial charge in [-0.25, -0.2) is 0 Å². The summed E-state index contributed by atoms with van der Waals surface area (Å²) in [6, 6.07) is 4.01. The van der Waals surface area contributed by atoms with E-state index in [4.69, 9.17) is 4.74 Å². The van der Waals surface area contributed by atoms with Crippen LogP contribution in [0.1, 0.15) is 42.5 Å². The highest BCUT2D eigenvalue weighted by Gasteiger charge is 2.17. The van der Waals surface area contributed by atoms with Gasteiger partial charge in [0.2, 0.25) is 5.91 Å². The average molecular weight is 356 g/mol. The molecule has 1 fully saturated rings. The second-order valence-electron chi connectivity index (χ2n) is 5.83. The molecule has 0 heterocycles. The van der Waals surface area contributed by atoms with Crippen LogP contribution < -0.4 is 20.1 Å². The van der Waals surface area contributed by atoms with Crippen molar-refractivity contribution in [2.24, 2.45) is 0 Å². The number of rotatable bonds is 7. The van der Waals surface area contributed by atoms with E-state index in [0.717, 1.165) is 25.7 Å². The molecule has 0 atom stereocenters. The van der Waals surface area contributed by atoms with Gasteiger partial charge in [-0.15, -0.1) is 0 Å². The molecule has 1 aromatic carbocycles. The Balaban J connectivity index is 1.88. The molecular weight excluding hydrogens is 334 g/mol. The number of benzene rings is 1. The average Bonchev–Trinajstić information content (AvgIpc) is 2.60. The maximum absolute atomic E-state index is 12.3. The third kappa shape index (κ3) is 5.88. The summed E-state index contributed by atoms with van der Waals surface area (Å²) >= 11 is 0. The highest BCUT2D eigenvalue weighted by atomic mass is 19.3. The minimum absolute atomic E-state index is 0.0135. The van der Waals surface area contributed by atoms with E-state index in [2.05, 4.69) is 15.4 Å². The normalized spacial score (nSPS) is 14.9. The number of amides is 2. The molecule has 1 aromatic rings. The fourth-order valence-corrected chi connectivity index (χ4v) is 2.79. The van der Waals surface area contributed by atoms with Crippen molar-refractivity contribution in [2.45, 2.75) is 44.8 Å². The third-order valence-electron chi connectivity index (χ3n) is 4.02. The van der Waals surface area contributed by atoms with Crippen molar-refractivity contribution < 1.29 is 27.8 Å². The molecule has 0 aromatic heterocycles. The lowest BCUT2D eigenvalue weighted by Crippen LogP contribution is -2.42. The zero-order chi connectivity index (χ0) is 18.2. The Morgan fingerprint density at radius 1 is 1.20 bits per heavy atom. The fourth-order valence-electron chi connectivity index (χ4n) is 2.79. The van der Waals surface area contributed by atoms with Crippen LogP contribution in [0.3, 0.4) is 0 Å². The van der Waals surface area contributed by atoms with Gasteiger partial charge in [-0.1, -0.05) is 19.3 Å². The van der Waals surface area contributed by atoms with Crippen LogP contribution in [0.2, 0.25) is 0 Å². The van der Waals surface area contributed by atoms with Gasteiger partial charge in [0, 0.05) is 11.6 Å². The predicted molar refractivity (Wildman–Crippen MR) is 87.0 cm³/mol. The minimum atomic E-state index is -2.99. The zero-order valence-electron chi connectivity index (χ0n) is 14.0. The van der Waals surface area contributed by atoms with Crippen LogP contribution in [0.25, 0.3) is 0 Å². The third-order valence-corrected chi connectivity index (χ3v) is 4.02. The first-order chi connectivity index (χ1) is 12.0. The first-order valence-corrected chi connectivity index (χ1v) is 8.20. The molecule has 2 rings (SSSR count). The van der Waals surface area contributed by atoms with Gasteiger partial charge in [-0.3, -0.25) is 9.59 Å². The lowest BCUT2D eigenvalue weighted by molar-refractivity contribution is -0.121. The Morgan fingerprint density at radius 3 is 2.56 bits per heavy atom. The van der Waals surface area contributed by atoms with Crippen molar-refractivity contribution in [2.75, 3.05) is 13.7 Å². The maximum Gasteiger partial charge on any atom is 0.387 e. The summed E-state index contributed by atoms with van der Waals surface area (Å²) in [5.74, 6) is -0.894. The van der Waals surface area contributed by atoms with E-state index in [1.165, 1.54) is 31.7 Å². The Labute approximate surface area is 144 Å². The lowest BCUT2D eigenvalue weighted by atomic mass is 9.95. The summed E-state index contributed by atoms with van der Waals surface area (Å²) in [6.07, 6.45) is 5.31. The standard InChI is InChI=1S/C17H22F2N2O4/c1-24-14-9-11(7-8-13(14)25-17(18)19)16(23)20-10-15(22)21-12-5-3-2-4-6-12/h7-9,12,17H,2-6,10H2,1H3,(H,20,23)(H,21,22). The lowest BCUT2D eigenvalue weighted by Gasteiger charge is -2.22. The molecular formula is C17H22F2N2O4. The molecule has 1 aliphatic carbocycles. The number of methoxy groups -OCH3 is 1. The number of hydrogen-bond donors (Lipinski definition) is 2. The van der Waals surface area contributed by atoms with Crippen LogP contribution in [0.15, 0.2) is 18.2 Å². The zero-order valence-corrected chi connectivity index (χ0v) is 14.0. The smallest absolute Gasteiger partial charge is 0.387 e. The molecule has 25 heavy (non-hydrogen) atoms. The molecule has 0 radical (unpaired) electrons. The van der Waals surface area contributed by atoms with Gasteiger partial charge in [0.1, 0.15) is 0 Å². The van der Waals surface area contributed by atoms with Crippen molar-refractivity contribution in [3.05, 3.63) is 23.8 Å². The molecule has 1 saturated carbocycles. The van der Waals surface area contributed by atoms with Crippen LogP contribution in [0.5, 0.6) is 11.5 Å². The quantitative estimate of drug-likeness (QED) is 0.787. The van der Waals surface area contributed by atoms with Gasteiger partial charge in [-0.2, -0.15) is 8.78 Å². The Bertz CT molecular complexity index is 604. The first kappa shape index (κ1) is 19.0. The second kappa shape index (κ2) is 9.19. The molecule has 8 heteroatoms. The van der Waals surface area contributed by atoms with Gasteiger partial charge in [0.05, 0.1) is 13.7 Å². The molecule has 2 N–H and O–H groups in total. The Morgan fingerprint density at radius 2 is 1.92 bits per heavy atom. The van der Waals surface area contributed by atoms with Gasteiger partial charge in [-0.05, 0) is 31.0 Å². The topological polar surface area (TPSA) is 76.7 Å². The molecule has 138 valence electrons. The molecule has 2 amide bonds. The van der Waals surface area contributed by atoms with E-state index in [1.807, 2.05) is 0 Å². The number of halogens is 2. The minimum Gasteiger partial charge on any atom is -0.493 e. The fraction of sp³-hybridized carbons (Fsp3) is 0.529. The predicted octanol–water partition coefficient (Wildman–Crippen LogP) is 2.48. The highest BCUT2D eigenvalue weighted by Crippen LogP contribution is 2.29. The number of carbonyl (C=O) groups excluding carboxylic acids is 2. The van der Waals surface area contributed by atoms with Crippen molar-refractivity contribution in [3.8, 4) is 11.5 Å². The summed E-state index contributed by atoms with van der Waals surface area (Å²) in [6.45, 7) is -3.13. The molecule has 0 bridgehead atoms. The van der Waals surface area contributed by atoms with Crippen molar-refractivity contribution in [3.63, 3.8) is 0 Å². The highest BCUT2D eigenvalue weighted by molar-refractivity contribution is 5.97. The van der Waals surface area contributed by atoms with Gasteiger partial charge in [0.25, 0.3) is 5.91 Å². The van der Waals surface area contributed by atoms with Crippen molar-refractivity contribution in [1.29, 1.82) is 0 Å². The van der Waals surface area contributed by atoms with Crippen LogP contribution >= 0.6 is 0 Å². The van der Waals surface area contributed by atoms with E-state index >= 15 is 0 Å². The van der Waals surface area contributed by atoms with E-state index in [-0.39, 0.29) is 35.6 Å².